The Balaban J connectivity index is 0.670. The summed E-state index contributed by atoms with van der Waals surface area (Å²) in [5, 5.41) is 9.19. The van der Waals surface area contributed by atoms with Gasteiger partial charge in [0.25, 0.3) is 0 Å². The third-order valence-electron chi connectivity index (χ3n) is 24.4. The second-order valence-corrected chi connectivity index (χ2v) is 31.7. The van der Waals surface area contributed by atoms with Crippen molar-refractivity contribution in [1.82, 2.24) is 39.0 Å². The van der Waals surface area contributed by atoms with Crippen LogP contribution in [-0.4, -0.2) is 39.0 Å². The molecule has 21 aromatic rings. The minimum absolute atomic E-state index is 0.231. The van der Waals surface area contributed by atoms with E-state index in [2.05, 4.69) is 328 Å². The Bertz CT molecular complexity index is 7600. The number of fused-ring (bicyclic) bond motifs is 16. The zero-order chi connectivity index (χ0) is 76.4. The fourth-order valence-corrected chi connectivity index (χ4v) is 18.7. The molecule has 540 valence electrons. The lowest BCUT2D eigenvalue weighted by molar-refractivity contribution is 0.661. The number of para-hydroxylation sites is 3. The summed E-state index contributed by atoms with van der Waals surface area (Å²) in [6, 6.07) is 127. The summed E-state index contributed by atoms with van der Waals surface area (Å²) < 4.78 is 11.6. The van der Waals surface area contributed by atoms with Gasteiger partial charge in [0.2, 0.25) is 0 Å². The van der Waals surface area contributed by atoms with E-state index in [-0.39, 0.29) is 10.8 Å². The number of rotatable bonds is 11. The summed E-state index contributed by atoms with van der Waals surface area (Å²) in [5.41, 5.74) is 29.5. The van der Waals surface area contributed by atoms with Crippen molar-refractivity contribution < 1.29 is 4.42 Å². The molecular weight excluding hydrogens is 1400 g/mol. The maximum atomic E-state index is 6.63. The van der Waals surface area contributed by atoms with Crippen LogP contribution in [0.5, 0.6) is 0 Å². The number of furan rings is 1. The van der Waals surface area contributed by atoms with Crippen LogP contribution in [0.1, 0.15) is 49.9 Å². The van der Waals surface area contributed by atoms with Gasteiger partial charge in [-0.05, 0) is 156 Å². The summed E-state index contributed by atoms with van der Waals surface area (Å²) in [4.78, 5) is 32.0. The normalized spacial score (nSPS) is 13.2. The molecule has 5 heterocycles. The molecule has 0 unspecified atom stereocenters. The van der Waals surface area contributed by atoms with Crippen LogP contribution >= 0.6 is 0 Å². The van der Waals surface area contributed by atoms with Crippen molar-refractivity contribution in [2.24, 2.45) is 0 Å². The van der Waals surface area contributed by atoms with Gasteiger partial charge in [0.1, 0.15) is 11.2 Å². The second-order valence-electron chi connectivity index (χ2n) is 31.7. The van der Waals surface area contributed by atoms with Gasteiger partial charge in [0.05, 0.1) is 33.4 Å². The van der Waals surface area contributed by atoms with Gasteiger partial charge in [-0.3, -0.25) is 0 Å². The zero-order valence-electron chi connectivity index (χ0n) is 63.5. The van der Waals surface area contributed by atoms with Crippen LogP contribution in [0.3, 0.4) is 0 Å². The Morgan fingerprint density at radius 3 is 1.23 bits per heavy atom. The molecule has 0 aliphatic heterocycles. The standard InChI is InChI=1S/C106H70N8O/c1-105(2)86-41-20-16-36-75(86)82-59-84-76-37-18-22-43-91(76)114(95(84)61-88(82)105)93-58-73(49-52-78(93)79-40-25-45-97-98(79)80-39-19-23-44-96(80)115-97)104-111-101(66-31-12-7-13-32-66)108-102(112-104)71-35-24-34-68(55-71)69-50-53-87-81(56-69)83-60-85-77-38-17-21-42-90(77)113(94(85)62-89(83)106(87,3)4)92-57-72(48-51-74(92)70-47-46-63-26-14-15-33-67(63)54-70)103-109-99(64-27-8-5-9-28-64)107-100(110-103)65-29-10-6-11-30-65/h5-62H,1-4H3. The van der Waals surface area contributed by atoms with Crippen molar-refractivity contribution in [3.63, 3.8) is 0 Å². The Kier molecular flexibility index (Phi) is 14.6. The number of benzene rings is 16. The highest BCUT2D eigenvalue weighted by atomic mass is 16.3. The molecule has 0 N–H and O–H groups in total. The van der Waals surface area contributed by atoms with Crippen LogP contribution in [0.15, 0.2) is 356 Å². The SMILES string of the molecule is CC1(C)c2ccc(-c3cccc(-c4nc(-c5ccccc5)nc(-c5ccc(-c6cccc7oc8ccccc8c67)c(-n6c7ccccc7c7cc8c(cc76)C(C)(C)c6ccccc6-8)c5)n4)c3)cc2-c2cc3c4ccccc4n(-c4cc(-c5nc(-c6ccccc6)nc(-c6ccccc6)n5)ccc4-c4ccc5ccccc5c4)c3cc21. The Hall–Kier alpha value is -14.8. The molecule has 9 heteroatoms. The van der Waals surface area contributed by atoms with Gasteiger partial charge in [-0.2, -0.15) is 0 Å². The van der Waals surface area contributed by atoms with Gasteiger partial charge in [0, 0.05) is 87.7 Å². The first kappa shape index (κ1) is 66.0. The highest BCUT2D eigenvalue weighted by Crippen LogP contribution is 2.55. The van der Waals surface area contributed by atoms with Crippen LogP contribution < -0.4 is 0 Å². The summed E-state index contributed by atoms with van der Waals surface area (Å²) in [6.07, 6.45) is 0. The van der Waals surface area contributed by atoms with Crippen LogP contribution in [0.2, 0.25) is 0 Å². The first-order valence-electron chi connectivity index (χ1n) is 39.4. The largest absolute Gasteiger partial charge is 0.456 e. The molecule has 0 atom stereocenters. The monoisotopic (exact) mass is 1470 g/mol. The van der Waals surface area contributed by atoms with E-state index in [1.54, 1.807) is 0 Å². The van der Waals surface area contributed by atoms with Crippen molar-refractivity contribution in [2.45, 2.75) is 38.5 Å². The Morgan fingerprint density at radius 1 is 0.217 bits per heavy atom. The minimum Gasteiger partial charge on any atom is -0.456 e. The molecule has 16 aromatic carbocycles. The molecule has 0 bridgehead atoms. The highest BCUT2D eigenvalue weighted by molar-refractivity contribution is 6.17. The first-order chi connectivity index (χ1) is 56.5. The number of aromatic nitrogens is 8. The van der Waals surface area contributed by atoms with E-state index in [1.807, 2.05) is 60.7 Å². The molecule has 5 aromatic heterocycles. The summed E-state index contributed by atoms with van der Waals surface area (Å²) in [5.74, 6) is 3.54. The second kappa shape index (κ2) is 25.4. The van der Waals surface area contributed by atoms with Crippen molar-refractivity contribution in [2.75, 3.05) is 0 Å². The van der Waals surface area contributed by atoms with Gasteiger partial charge in [-0.15, -0.1) is 0 Å². The van der Waals surface area contributed by atoms with Crippen molar-refractivity contribution in [3.05, 3.63) is 374 Å². The highest BCUT2D eigenvalue weighted by Gasteiger charge is 2.39. The van der Waals surface area contributed by atoms with Crippen molar-refractivity contribution in [3.8, 4) is 135 Å². The molecule has 0 amide bonds. The molecule has 115 heavy (non-hydrogen) atoms. The summed E-state index contributed by atoms with van der Waals surface area (Å²) in [6.45, 7) is 9.48. The van der Waals surface area contributed by atoms with Gasteiger partial charge >= 0.3 is 0 Å². The molecular formula is C106H70N8O. The Morgan fingerprint density at radius 2 is 0.626 bits per heavy atom. The van der Waals surface area contributed by atoms with Crippen LogP contribution in [0.4, 0.5) is 0 Å². The van der Waals surface area contributed by atoms with Gasteiger partial charge in [0.15, 0.2) is 34.9 Å². The summed E-state index contributed by atoms with van der Waals surface area (Å²) >= 11 is 0. The van der Waals surface area contributed by atoms with E-state index in [1.165, 1.54) is 66.1 Å². The molecule has 0 saturated carbocycles. The van der Waals surface area contributed by atoms with E-state index in [0.29, 0.717) is 34.9 Å². The molecule has 0 spiro atoms. The first-order valence-corrected chi connectivity index (χ1v) is 39.4. The van der Waals surface area contributed by atoms with Crippen LogP contribution in [0.25, 0.3) is 212 Å². The molecule has 2 aliphatic rings. The third kappa shape index (κ3) is 10.4. The topological polar surface area (TPSA) is 100 Å². The van der Waals surface area contributed by atoms with Gasteiger partial charge in [-0.25, -0.2) is 29.9 Å². The molecule has 9 nitrogen and oxygen atoms in total. The molecule has 2 aliphatic carbocycles. The maximum absolute atomic E-state index is 6.63. The van der Waals surface area contributed by atoms with Crippen molar-refractivity contribution >= 4 is 76.3 Å². The van der Waals surface area contributed by atoms with E-state index in [4.69, 9.17) is 34.3 Å². The number of hydrogen-bond acceptors (Lipinski definition) is 7. The predicted molar refractivity (Wildman–Crippen MR) is 471 cm³/mol. The van der Waals surface area contributed by atoms with Gasteiger partial charge < -0.3 is 13.6 Å². The lowest BCUT2D eigenvalue weighted by Gasteiger charge is -2.22. The summed E-state index contributed by atoms with van der Waals surface area (Å²) in [7, 11) is 0. The van der Waals surface area contributed by atoms with E-state index in [0.717, 1.165) is 133 Å². The fourth-order valence-electron chi connectivity index (χ4n) is 18.7. The number of nitrogens with zero attached hydrogens (tertiary/aromatic N) is 8. The molecule has 0 saturated heterocycles. The fraction of sp³-hybridized carbons (Fsp3) is 0.0566. The van der Waals surface area contributed by atoms with Gasteiger partial charge in [-0.1, -0.05) is 301 Å². The average Bonchev–Trinajstić information content (AvgIpc) is 1.55. The van der Waals surface area contributed by atoms with Crippen LogP contribution in [0, 0.1) is 0 Å². The average molecular weight is 1470 g/mol. The van der Waals surface area contributed by atoms with Crippen LogP contribution in [-0.2, 0) is 10.8 Å². The quantitative estimate of drug-likeness (QED) is 0.127. The molecule has 23 rings (SSSR count). The molecule has 0 radical (unpaired) electrons. The Labute approximate surface area is 663 Å². The lowest BCUT2D eigenvalue weighted by atomic mass is 9.82. The van der Waals surface area contributed by atoms with Crippen molar-refractivity contribution in [1.29, 1.82) is 0 Å². The number of hydrogen-bond donors (Lipinski definition) is 0. The minimum atomic E-state index is -0.366. The molecule has 0 fully saturated rings. The van der Waals surface area contributed by atoms with E-state index >= 15 is 0 Å². The third-order valence-corrected chi connectivity index (χ3v) is 24.4. The zero-order valence-corrected chi connectivity index (χ0v) is 63.5. The van der Waals surface area contributed by atoms with E-state index in [9.17, 15) is 0 Å². The lowest BCUT2D eigenvalue weighted by Crippen LogP contribution is -2.15. The van der Waals surface area contributed by atoms with E-state index < -0.39 is 0 Å². The maximum Gasteiger partial charge on any atom is 0.164 e. The predicted octanol–water partition coefficient (Wildman–Crippen LogP) is 26.9. The smallest absolute Gasteiger partial charge is 0.164 e.